The molecule has 4 rings (SSSR count). The Morgan fingerprint density at radius 3 is 2.54 bits per heavy atom. The third-order valence-corrected chi connectivity index (χ3v) is 4.83. The number of H-pyrrole nitrogens is 1. The Kier molecular flexibility index (Phi) is 7.95. The molecule has 3 heterocycles. The molecule has 8 nitrogen and oxygen atoms in total. The molecule has 1 aliphatic rings. The van der Waals surface area contributed by atoms with E-state index in [1.807, 2.05) is 12.1 Å². The zero-order valence-electron chi connectivity index (χ0n) is 15.6. The van der Waals surface area contributed by atoms with E-state index in [4.69, 9.17) is 0 Å². The van der Waals surface area contributed by atoms with Gasteiger partial charge in [-0.2, -0.15) is 5.10 Å². The molecule has 1 atom stereocenters. The fourth-order valence-electron chi connectivity index (χ4n) is 3.22. The van der Waals surface area contributed by atoms with Gasteiger partial charge < -0.3 is 14.9 Å². The minimum atomic E-state index is 0. The first kappa shape index (κ1) is 22.7. The maximum Gasteiger partial charge on any atom is 0.245 e. The molecule has 3 aromatic rings. The van der Waals surface area contributed by atoms with Crippen molar-refractivity contribution in [1.82, 2.24) is 30.3 Å². The number of hydrogen-bond acceptors (Lipinski definition) is 7. The van der Waals surface area contributed by atoms with Crippen LogP contribution < -0.4 is 4.90 Å². The van der Waals surface area contributed by atoms with E-state index in [1.54, 1.807) is 24.7 Å². The van der Waals surface area contributed by atoms with E-state index in [0.717, 1.165) is 30.6 Å². The van der Waals surface area contributed by atoms with Crippen LogP contribution in [-0.4, -0.2) is 68.6 Å². The summed E-state index contributed by atoms with van der Waals surface area (Å²) in [7, 11) is 4.18. The smallest absolute Gasteiger partial charge is 0.245 e. The highest BCUT2D eigenvalue weighted by Gasteiger charge is 2.26. The summed E-state index contributed by atoms with van der Waals surface area (Å²) in [6.45, 7) is 1.83. The molecule has 0 radical (unpaired) electrons. The van der Waals surface area contributed by atoms with Gasteiger partial charge in [-0.15, -0.1) is 58.2 Å². The van der Waals surface area contributed by atoms with Crippen molar-refractivity contribution in [3.05, 3.63) is 36.8 Å². The Bertz CT molecular complexity index is 887. The first-order valence-corrected chi connectivity index (χ1v) is 8.55. The lowest BCUT2D eigenvalue weighted by atomic mass is 10.0. The maximum atomic E-state index is 10.4. The highest BCUT2D eigenvalue weighted by molar-refractivity contribution is 14.0. The van der Waals surface area contributed by atoms with Gasteiger partial charge in [-0.1, -0.05) is 6.07 Å². The van der Waals surface area contributed by atoms with E-state index >= 15 is 0 Å². The predicted molar refractivity (Wildman–Crippen MR) is 130 cm³/mol. The quantitative estimate of drug-likeness (QED) is 0.441. The number of rotatable bonds is 4. The minimum Gasteiger partial charge on any atom is -0.507 e. The minimum absolute atomic E-state index is 0. The SMILES string of the molecule is CN(C)C1CCN(c2ncc(-c3ccc(-c4cn[nH]c4)cc3O)nn2)C1.I.I. The molecule has 2 aromatic heterocycles. The van der Waals surface area contributed by atoms with Crippen LogP contribution in [0.3, 0.4) is 0 Å². The van der Waals surface area contributed by atoms with Crippen molar-refractivity contribution in [2.75, 3.05) is 32.1 Å². The number of nitrogens with one attached hydrogen (secondary N) is 1. The summed E-state index contributed by atoms with van der Waals surface area (Å²) >= 11 is 0. The van der Waals surface area contributed by atoms with Crippen LogP contribution in [0.5, 0.6) is 5.75 Å². The number of aromatic hydroxyl groups is 1. The summed E-state index contributed by atoms with van der Waals surface area (Å²) in [4.78, 5) is 8.82. The van der Waals surface area contributed by atoms with E-state index < -0.39 is 0 Å². The molecule has 0 aliphatic carbocycles. The molecular weight excluding hydrogens is 584 g/mol. The van der Waals surface area contributed by atoms with Gasteiger partial charge in [-0.3, -0.25) is 5.10 Å². The Balaban J connectivity index is 0.00000140. The van der Waals surface area contributed by atoms with Gasteiger partial charge in [0, 0.05) is 36.5 Å². The molecule has 2 N–H and O–H groups in total. The lowest BCUT2D eigenvalue weighted by Gasteiger charge is -2.20. The van der Waals surface area contributed by atoms with Gasteiger partial charge in [0.1, 0.15) is 11.4 Å². The molecule has 1 fully saturated rings. The van der Waals surface area contributed by atoms with Gasteiger partial charge in [0.15, 0.2) is 0 Å². The lowest BCUT2D eigenvalue weighted by molar-refractivity contribution is 0.315. The molecule has 1 saturated heterocycles. The number of phenols is 1. The van der Waals surface area contributed by atoms with E-state index in [0.29, 0.717) is 23.2 Å². The average molecular weight is 607 g/mol. The van der Waals surface area contributed by atoms with Gasteiger partial charge in [0.2, 0.25) is 5.95 Å². The Labute approximate surface area is 197 Å². The van der Waals surface area contributed by atoms with Crippen molar-refractivity contribution >= 4 is 53.9 Å². The fraction of sp³-hybridized carbons (Fsp3) is 0.333. The monoisotopic (exact) mass is 607 g/mol. The van der Waals surface area contributed by atoms with Crippen LogP contribution in [-0.2, 0) is 0 Å². The van der Waals surface area contributed by atoms with Crippen LogP contribution in [0.4, 0.5) is 5.95 Å². The maximum absolute atomic E-state index is 10.4. The van der Waals surface area contributed by atoms with Gasteiger partial charge in [-0.05, 0) is 38.2 Å². The number of phenolic OH excluding ortho intramolecular Hbond substituents is 1. The number of benzene rings is 1. The number of nitrogens with zero attached hydrogens (tertiary/aromatic N) is 6. The molecule has 0 amide bonds. The van der Waals surface area contributed by atoms with Crippen LogP contribution in [0.1, 0.15) is 6.42 Å². The number of aromatic nitrogens is 5. The zero-order chi connectivity index (χ0) is 18.1. The summed E-state index contributed by atoms with van der Waals surface area (Å²) in [6, 6.07) is 5.94. The Morgan fingerprint density at radius 1 is 1.14 bits per heavy atom. The third kappa shape index (κ3) is 4.71. The number of hydrogen-bond donors (Lipinski definition) is 2. The largest absolute Gasteiger partial charge is 0.507 e. The van der Waals surface area contributed by atoms with Gasteiger partial charge in [-0.25, -0.2) is 4.98 Å². The topological polar surface area (TPSA) is 94.1 Å². The van der Waals surface area contributed by atoms with Crippen LogP contribution in [0.15, 0.2) is 36.8 Å². The molecule has 28 heavy (non-hydrogen) atoms. The summed E-state index contributed by atoms with van der Waals surface area (Å²) in [6.07, 6.45) is 6.25. The van der Waals surface area contributed by atoms with Crippen LogP contribution in [0.2, 0.25) is 0 Å². The van der Waals surface area contributed by atoms with E-state index in [2.05, 4.69) is 49.3 Å². The van der Waals surface area contributed by atoms with Crippen LogP contribution in [0, 0.1) is 0 Å². The molecule has 0 saturated carbocycles. The molecule has 0 spiro atoms. The van der Waals surface area contributed by atoms with Crippen molar-refractivity contribution in [3.8, 4) is 28.1 Å². The van der Waals surface area contributed by atoms with Crippen molar-refractivity contribution in [2.45, 2.75) is 12.5 Å². The number of likely N-dealkylation sites (N-methyl/N-ethyl adjacent to an activating group) is 1. The number of halogens is 2. The highest BCUT2D eigenvalue weighted by Crippen LogP contribution is 2.32. The predicted octanol–water partition coefficient (Wildman–Crippen LogP) is 3.01. The summed E-state index contributed by atoms with van der Waals surface area (Å²) in [5.74, 6) is 0.772. The van der Waals surface area contributed by atoms with E-state index in [-0.39, 0.29) is 53.7 Å². The molecular formula is C18H23I2N7O. The van der Waals surface area contributed by atoms with Crippen LogP contribution in [0.25, 0.3) is 22.4 Å². The Hall–Kier alpha value is -1.54. The van der Waals surface area contributed by atoms with Gasteiger partial charge in [0.05, 0.1) is 12.4 Å². The first-order valence-electron chi connectivity index (χ1n) is 8.55. The zero-order valence-corrected chi connectivity index (χ0v) is 20.3. The molecule has 1 unspecified atom stereocenters. The third-order valence-electron chi connectivity index (χ3n) is 4.83. The highest BCUT2D eigenvalue weighted by atomic mass is 127. The first-order chi connectivity index (χ1) is 12.6. The molecule has 150 valence electrons. The molecule has 0 bridgehead atoms. The lowest BCUT2D eigenvalue weighted by Crippen LogP contribution is -2.32. The second-order valence-corrected chi connectivity index (χ2v) is 6.71. The Morgan fingerprint density at radius 2 is 1.96 bits per heavy atom. The van der Waals surface area contributed by atoms with E-state index in [9.17, 15) is 5.11 Å². The van der Waals surface area contributed by atoms with Crippen molar-refractivity contribution in [2.24, 2.45) is 0 Å². The summed E-state index contributed by atoms with van der Waals surface area (Å²) in [5.41, 5.74) is 2.95. The van der Waals surface area contributed by atoms with Gasteiger partial charge in [0.25, 0.3) is 0 Å². The standard InChI is InChI=1S/C18H21N7O.2HI/c1-24(2)14-5-6-25(11-14)18-19-10-16(22-23-18)15-4-3-12(7-17(15)26)13-8-20-21-9-13;;/h3-4,7-10,14,26H,5-6,11H2,1-2H3,(H,20,21);2*1H. The average Bonchev–Trinajstić information content (AvgIpc) is 3.34. The summed E-state index contributed by atoms with van der Waals surface area (Å²) < 4.78 is 0. The second-order valence-electron chi connectivity index (χ2n) is 6.71. The van der Waals surface area contributed by atoms with E-state index in [1.165, 1.54) is 0 Å². The van der Waals surface area contributed by atoms with Crippen LogP contribution >= 0.6 is 48.0 Å². The van der Waals surface area contributed by atoms with Crippen molar-refractivity contribution in [1.29, 1.82) is 0 Å². The molecule has 1 aromatic carbocycles. The summed E-state index contributed by atoms with van der Waals surface area (Å²) in [5, 5.41) is 25.6. The fourth-order valence-corrected chi connectivity index (χ4v) is 3.22. The van der Waals surface area contributed by atoms with Crippen molar-refractivity contribution in [3.63, 3.8) is 0 Å². The molecule has 10 heteroatoms. The van der Waals surface area contributed by atoms with Crippen molar-refractivity contribution < 1.29 is 5.11 Å². The number of anilines is 1. The second kappa shape index (κ2) is 9.78. The normalized spacial score (nSPS) is 16.0. The number of aromatic amines is 1. The molecule has 1 aliphatic heterocycles. The van der Waals surface area contributed by atoms with Gasteiger partial charge >= 0.3 is 0 Å².